The molecule has 5 heteroatoms. The molecule has 0 aromatic heterocycles. The summed E-state index contributed by atoms with van der Waals surface area (Å²) in [6.07, 6.45) is 6.50. The van der Waals surface area contributed by atoms with Crippen molar-refractivity contribution >= 4 is 5.97 Å². The lowest BCUT2D eigenvalue weighted by molar-refractivity contribution is -0.138. The molecule has 0 radical (unpaired) electrons. The molecule has 0 saturated carbocycles. The Morgan fingerprint density at radius 2 is 1.86 bits per heavy atom. The number of benzene rings is 1. The van der Waals surface area contributed by atoms with Crippen molar-refractivity contribution in [3.8, 4) is 5.75 Å². The lowest BCUT2D eigenvalue weighted by Gasteiger charge is -2.15. The van der Waals surface area contributed by atoms with Gasteiger partial charge in [-0.25, -0.2) is 4.79 Å². The van der Waals surface area contributed by atoms with E-state index in [4.69, 9.17) is 14.2 Å². The molecule has 1 aromatic carbocycles. The minimum atomic E-state index is -0.278. The summed E-state index contributed by atoms with van der Waals surface area (Å²) in [5.41, 5.74) is 2.94. The number of carbonyl (C=O) groups is 1. The molecule has 0 saturated heterocycles. The van der Waals surface area contributed by atoms with Gasteiger partial charge in [0.05, 0.1) is 33.0 Å². The Labute approximate surface area is 169 Å². The fraction of sp³-hybridized carbons (Fsp3) is 0.522. The standard InChI is InChI=1S/C23H34O5/c1-5-27-23(25)20(9-6-8-18(2)3)10-7-11-22(16-24)28-17-19-12-14-21(26-4)15-13-19/h8,10,12-15,22,24H,5-7,9,11,16-17H2,1-4H3/b20-10+/t22-/m0/s1. The van der Waals surface area contributed by atoms with E-state index < -0.39 is 0 Å². The van der Waals surface area contributed by atoms with Gasteiger partial charge in [0.25, 0.3) is 0 Å². The van der Waals surface area contributed by atoms with Gasteiger partial charge in [-0.1, -0.05) is 29.9 Å². The van der Waals surface area contributed by atoms with Crippen molar-refractivity contribution in [3.05, 3.63) is 53.1 Å². The first-order valence-corrected chi connectivity index (χ1v) is 9.85. The first-order valence-electron chi connectivity index (χ1n) is 9.85. The lowest BCUT2D eigenvalue weighted by Crippen LogP contribution is -2.17. The maximum atomic E-state index is 12.1. The summed E-state index contributed by atoms with van der Waals surface area (Å²) in [4.78, 5) is 12.1. The highest BCUT2D eigenvalue weighted by molar-refractivity contribution is 5.88. The van der Waals surface area contributed by atoms with E-state index in [0.29, 0.717) is 38.0 Å². The maximum absolute atomic E-state index is 12.1. The van der Waals surface area contributed by atoms with E-state index in [2.05, 4.69) is 6.08 Å². The monoisotopic (exact) mass is 390 g/mol. The fourth-order valence-electron chi connectivity index (χ4n) is 2.63. The van der Waals surface area contributed by atoms with Crippen LogP contribution in [0.5, 0.6) is 5.75 Å². The van der Waals surface area contributed by atoms with Crippen LogP contribution >= 0.6 is 0 Å². The van der Waals surface area contributed by atoms with Crippen molar-refractivity contribution in [1.29, 1.82) is 0 Å². The molecule has 28 heavy (non-hydrogen) atoms. The number of esters is 1. The van der Waals surface area contributed by atoms with E-state index in [1.54, 1.807) is 14.0 Å². The Morgan fingerprint density at radius 3 is 2.43 bits per heavy atom. The van der Waals surface area contributed by atoms with Crippen LogP contribution in [0.15, 0.2) is 47.6 Å². The predicted molar refractivity (Wildman–Crippen MR) is 111 cm³/mol. The number of hydrogen-bond donors (Lipinski definition) is 1. The van der Waals surface area contributed by atoms with E-state index in [0.717, 1.165) is 17.7 Å². The number of aliphatic hydroxyl groups is 1. The number of hydrogen-bond acceptors (Lipinski definition) is 5. The van der Waals surface area contributed by atoms with Crippen LogP contribution in [0.3, 0.4) is 0 Å². The topological polar surface area (TPSA) is 65.0 Å². The first-order chi connectivity index (χ1) is 13.5. The quantitative estimate of drug-likeness (QED) is 0.303. The van der Waals surface area contributed by atoms with Gasteiger partial charge in [-0.3, -0.25) is 0 Å². The van der Waals surface area contributed by atoms with Gasteiger partial charge < -0.3 is 19.3 Å². The molecule has 1 aromatic rings. The minimum Gasteiger partial charge on any atom is -0.497 e. The highest BCUT2D eigenvalue weighted by Crippen LogP contribution is 2.16. The summed E-state index contributed by atoms with van der Waals surface area (Å²) in [7, 11) is 1.63. The first kappa shape index (κ1) is 23.9. The Balaban J connectivity index is 2.55. The van der Waals surface area contributed by atoms with Crippen LogP contribution in [0.2, 0.25) is 0 Å². The van der Waals surface area contributed by atoms with Gasteiger partial charge in [-0.2, -0.15) is 0 Å². The molecule has 0 amide bonds. The van der Waals surface area contributed by atoms with E-state index in [9.17, 15) is 9.90 Å². The normalized spacial score (nSPS) is 12.4. The molecule has 0 aliphatic heterocycles. The lowest BCUT2D eigenvalue weighted by atomic mass is 10.1. The third-order valence-corrected chi connectivity index (χ3v) is 4.23. The van der Waals surface area contributed by atoms with Gasteiger partial charge >= 0.3 is 5.97 Å². The minimum absolute atomic E-state index is 0.0590. The smallest absolute Gasteiger partial charge is 0.333 e. The molecule has 1 atom stereocenters. The number of carbonyl (C=O) groups excluding carboxylic acids is 1. The molecule has 0 fully saturated rings. The van der Waals surface area contributed by atoms with Crippen molar-refractivity contribution in [3.63, 3.8) is 0 Å². The second-order valence-corrected chi connectivity index (χ2v) is 6.81. The number of rotatable bonds is 13. The van der Waals surface area contributed by atoms with Gasteiger partial charge in [-0.05, 0) is 64.2 Å². The predicted octanol–water partition coefficient (Wildman–Crippen LogP) is 4.59. The van der Waals surface area contributed by atoms with Gasteiger partial charge in [0, 0.05) is 5.57 Å². The zero-order valence-corrected chi connectivity index (χ0v) is 17.6. The molecule has 156 valence electrons. The van der Waals surface area contributed by atoms with Crippen molar-refractivity contribution in [2.24, 2.45) is 0 Å². The SMILES string of the molecule is CCOC(=O)/C(=C/CC[C@@H](CO)OCc1ccc(OC)cc1)CCC=C(C)C. The summed E-state index contributed by atoms with van der Waals surface area (Å²) in [6, 6.07) is 7.64. The van der Waals surface area contributed by atoms with Gasteiger partial charge in [0.15, 0.2) is 0 Å². The highest BCUT2D eigenvalue weighted by atomic mass is 16.5. The molecule has 0 spiro atoms. The fourth-order valence-corrected chi connectivity index (χ4v) is 2.63. The van der Waals surface area contributed by atoms with Crippen LogP contribution in [-0.2, 0) is 20.9 Å². The molecule has 1 rings (SSSR count). The molecule has 0 unspecified atom stereocenters. The van der Waals surface area contributed by atoms with Crippen LogP contribution < -0.4 is 4.74 Å². The summed E-state index contributed by atoms with van der Waals surface area (Å²) in [5, 5.41) is 9.58. The summed E-state index contributed by atoms with van der Waals surface area (Å²) >= 11 is 0. The highest BCUT2D eigenvalue weighted by Gasteiger charge is 2.12. The van der Waals surface area contributed by atoms with Crippen molar-refractivity contribution in [2.75, 3.05) is 20.3 Å². The number of aliphatic hydroxyl groups excluding tert-OH is 1. The second kappa shape index (κ2) is 14.0. The van der Waals surface area contributed by atoms with Gasteiger partial charge in [-0.15, -0.1) is 0 Å². The Morgan fingerprint density at radius 1 is 1.14 bits per heavy atom. The summed E-state index contributed by atoms with van der Waals surface area (Å²) in [5.74, 6) is 0.538. The third-order valence-electron chi connectivity index (χ3n) is 4.23. The van der Waals surface area contributed by atoms with Crippen LogP contribution in [0.4, 0.5) is 0 Å². The molecular formula is C23H34O5. The van der Waals surface area contributed by atoms with E-state index >= 15 is 0 Å². The zero-order chi connectivity index (χ0) is 20.8. The van der Waals surface area contributed by atoms with Crippen molar-refractivity contribution < 1.29 is 24.1 Å². The molecular weight excluding hydrogens is 356 g/mol. The molecule has 0 heterocycles. The number of ether oxygens (including phenoxy) is 3. The Kier molecular flexibility index (Phi) is 11.9. The van der Waals surface area contributed by atoms with Crippen LogP contribution in [0.1, 0.15) is 52.0 Å². The molecule has 0 aliphatic carbocycles. The second-order valence-electron chi connectivity index (χ2n) is 6.81. The average molecular weight is 391 g/mol. The molecule has 0 bridgehead atoms. The molecule has 5 nitrogen and oxygen atoms in total. The van der Waals surface area contributed by atoms with Crippen LogP contribution in [0.25, 0.3) is 0 Å². The third kappa shape index (κ3) is 9.72. The Bertz CT molecular complexity index is 627. The molecule has 0 aliphatic rings. The van der Waals surface area contributed by atoms with E-state index in [1.165, 1.54) is 5.57 Å². The molecule has 1 N–H and O–H groups in total. The van der Waals surface area contributed by atoms with E-state index in [-0.39, 0.29) is 18.7 Å². The zero-order valence-electron chi connectivity index (χ0n) is 17.6. The number of methoxy groups -OCH3 is 1. The van der Waals surface area contributed by atoms with E-state index in [1.807, 2.05) is 44.2 Å². The summed E-state index contributed by atoms with van der Waals surface area (Å²) < 4.78 is 16.1. The average Bonchev–Trinajstić information content (AvgIpc) is 2.69. The largest absolute Gasteiger partial charge is 0.497 e. The van der Waals surface area contributed by atoms with Gasteiger partial charge in [0.2, 0.25) is 0 Å². The Hall–Kier alpha value is -2.11. The van der Waals surface area contributed by atoms with Gasteiger partial charge in [0.1, 0.15) is 5.75 Å². The summed E-state index contributed by atoms with van der Waals surface area (Å²) in [6.45, 7) is 6.61. The van der Waals surface area contributed by atoms with Crippen LogP contribution in [-0.4, -0.2) is 37.5 Å². The van der Waals surface area contributed by atoms with Crippen molar-refractivity contribution in [1.82, 2.24) is 0 Å². The van der Waals surface area contributed by atoms with Crippen LogP contribution in [0, 0.1) is 0 Å². The van der Waals surface area contributed by atoms with Crippen molar-refractivity contribution in [2.45, 2.75) is 59.2 Å². The number of allylic oxidation sites excluding steroid dienone is 3. The maximum Gasteiger partial charge on any atom is 0.333 e.